The van der Waals surface area contributed by atoms with E-state index < -0.39 is 0 Å². The lowest BCUT2D eigenvalue weighted by molar-refractivity contribution is 0.218. The van der Waals surface area contributed by atoms with Crippen LogP contribution in [-0.2, 0) is 6.54 Å². The molecule has 0 spiro atoms. The van der Waals surface area contributed by atoms with Gasteiger partial charge in [0, 0.05) is 6.54 Å². The zero-order chi connectivity index (χ0) is 19.6. The average molecular weight is 377 g/mol. The van der Waals surface area contributed by atoms with Crippen molar-refractivity contribution in [2.75, 3.05) is 18.5 Å². The second-order valence-electron chi connectivity index (χ2n) is 6.67. The van der Waals surface area contributed by atoms with Crippen molar-refractivity contribution in [3.63, 3.8) is 0 Å². The highest BCUT2D eigenvalue weighted by molar-refractivity contribution is 5.56. The number of anilines is 1. The maximum atomic E-state index is 5.91. The van der Waals surface area contributed by atoms with Gasteiger partial charge in [0.05, 0.1) is 11.8 Å². The maximum absolute atomic E-state index is 5.91. The van der Waals surface area contributed by atoms with Crippen LogP contribution in [0.5, 0.6) is 17.2 Å². The number of benzene rings is 3. The van der Waals surface area contributed by atoms with Gasteiger partial charge >= 0.3 is 0 Å². The van der Waals surface area contributed by atoms with E-state index in [9.17, 15) is 0 Å². The van der Waals surface area contributed by atoms with Gasteiger partial charge in [0.15, 0.2) is 0 Å². The Morgan fingerprint density at radius 2 is 1.46 bits per heavy atom. The van der Waals surface area contributed by atoms with Gasteiger partial charge < -0.3 is 19.5 Å². The van der Waals surface area contributed by atoms with Gasteiger partial charge in [0.2, 0.25) is 0 Å². The highest BCUT2D eigenvalue weighted by Gasteiger charge is 2.04. The lowest BCUT2D eigenvalue weighted by Crippen LogP contribution is -2.10. The molecule has 0 saturated heterocycles. The monoisotopic (exact) mass is 377 g/mol. The molecule has 0 unspecified atom stereocenters. The zero-order valence-electron chi connectivity index (χ0n) is 16.4. The second-order valence-corrected chi connectivity index (χ2v) is 6.67. The molecule has 28 heavy (non-hydrogen) atoms. The van der Waals surface area contributed by atoms with Gasteiger partial charge in [-0.1, -0.05) is 42.5 Å². The van der Waals surface area contributed by atoms with Crippen LogP contribution in [0.3, 0.4) is 0 Å². The minimum absolute atomic E-state index is 0.162. The molecular formula is C24H27NO3. The van der Waals surface area contributed by atoms with Crippen molar-refractivity contribution in [3.05, 3.63) is 84.4 Å². The van der Waals surface area contributed by atoms with Crippen LogP contribution in [0.15, 0.2) is 78.9 Å². The maximum Gasteiger partial charge on any atom is 0.142 e. The Morgan fingerprint density at radius 3 is 2.29 bits per heavy atom. The first-order chi connectivity index (χ1) is 13.7. The van der Waals surface area contributed by atoms with E-state index >= 15 is 0 Å². The van der Waals surface area contributed by atoms with Gasteiger partial charge in [0.25, 0.3) is 0 Å². The third-order valence-corrected chi connectivity index (χ3v) is 3.99. The van der Waals surface area contributed by atoms with E-state index in [1.807, 2.05) is 80.6 Å². The first-order valence-corrected chi connectivity index (χ1v) is 9.60. The van der Waals surface area contributed by atoms with E-state index in [1.54, 1.807) is 0 Å². The summed E-state index contributed by atoms with van der Waals surface area (Å²) in [7, 11) is 0. The highest BCUT2D eigenvalue weighted by Crippen LogP contribution is 2.25. The highest BCUT2D eigenvalue weighted by atomic mass is 16.5. The molecule has 0 aliphatic rings. The van der Waals surface area contributed by atoms with Crippen LogP contribution in [0.25, 0.3) is 0 Å². The summed E-state index contributed by atoms with van der Waals surface area (Å²) >= 11 is 0. The third-order valence-electron chi connectivity index (χ3n) is 3.99. The number of hydrogen-bond donors (Lipinski definition) is 1. The zero-order valence-corrected chi connectivity index (χ0v) is 16.4. The van der Waals surface area contributed by atoms with E-state index in [2.05, 4.69) is 17.4 Å². The topological polar surface area (TPSA) is 39.7 Å². The molecule has 0 saturated carbocycles. The summed E-state index contributed by atoms with van der Waals surface area (Å²) in [4.78, 5) is 0. The first-order valence-electron chi connectivity index (χ1n) is 9.60. The van der Waals surface area contributed by atoms with Crippen molar-refractivity contribution in [3.8, 4) is 17.2 Å². The predicted octanol–water partition coefficient (Wildman–Crippen LogP) is 5.54. The van der Waals surface area contributed by atoms with E-state index in [4.69, 9.17) is 14.2 Å². The Morgan fingerprint density at radius 1 is 0.750 bits per heavy atom. The smallest absolute Gasteiger partial charge is 0.142 e. The Bertz CT molecular complexity index is 849. The summed E-state index contributed by atoms with van der Waals surface area (Å²) in [6.07, 6.45) is 0.162. The first kappa shape index (κ1) is 19.6. The Hall–Kier alpha value is -3.14. The molecule has 0 amide bonds. The minimum Gasteiger partial charge on any atom is -0.491 e. The molecule has 0 radical (unpaired) electrons. The SMILES string of the molecule is CC(C)Oc1cccc(CNc2ccccc2OCCOc2ccccc2)c1. The molecular weight excluding hydrogens is 350 g/mol. The summed E-state index contributed by atoms with van der Waals surface area (Å²) in [5, 5.41) is 3.45. The van der Waals surface area contributed by atoms with Crippen LogP contribution in [0, 0.1) is 0 Å². The second kappa shape index (κ2) is 10.3. The van der Waals surface area contributed by atoms with Gasteiger partial charge in [0.1, 0.15) is 30.5 Å². The Kier molecular flexibility index (Phi) is 7.19. The molecule has 3 rings (SSSR count). The quantitative estimate of drug-likeness (QED) is 0.471. The lowest BCUT2D eigenvalue weighted by atomic mass is 10.2. The van der Waals surface area contributed by atoms with Crippen LogP contribution in [-0.4, -0.2) is 19.3 Å². The molecule has 1 N–H and O–H groups in total. The number of nitrogens with one attached hydrogen (secondary N) is 1. The molecule has 0 aliphatic heterocycles. The molecule has 3 aromatic rings. The molecule has 0 aliphatic carbocycles. The summed E-state index contributed by atoms with van der Waals surface area (Å²) in [5.74, 6) is 2.55. The van der Waals surface area contributed by atoms with Gasteiger partial charge in [-0.3, -0.25) is 0 Å². The molecule has 0 atom stereocenters. The van der Waals surface area contributed by atoms with Crippen molar-refractivity contribution in [2.24, 2.45) is 0 Å². The molecule has 0 heterocycles. The molecule has 4 heteroatoms. The van der Waals surface area contributed by atoms with Crippen molar-refractivity contribution in [1.29, 1.82) is 0 Å². The fourth-order valence-corrected chi connectivity index (χ4v) is 2.76. The number of para-hydroxylation sites is 3. The van der Waals surface area contributed by atoms with Crippen LogP contribution < -0.4 is 19.5 Å². The molecule has 0 aromatic heterocycles. The molecule has 0 fully saturated rings. The van der Waals surface area contributed by atoms with Crippen LogP contribution in [0.4, 0.5) is 5.69 Å². The van der Waals surface area contributed by atoms with E-state index in [1.165, 1.54) is 0 Å². The van der Waals surface area contributed by atoms with Gasteiger partial charge in [-0.2, -0.15) is 0 Å². The standard InChI is InChI=1S/C24H27NO3/c1-19(2)28-22-12-8-9-20(17-22)18-25-23-13-6-7-14-24(23)27-16-15-26-21-10-4-3-5-11-21/h3-14,17,19,25H,15-16,18H2,1-2H3. The fraction of sp³-hybridized carbons (Fsp3) is 0.250. The summed E-state index contributed by atoms with van der Waals surface area (Å²) in [6.45, 7) is 5.72. The number of rotatable bonds is 10. The van der Waals surface area contributed by atoms with Gasteiger partial charge in [-0.05, 0) is 55.8 Å². The van der Waals surface area contributed by atoms with Crippen LogP contribution in [0.2, 0.25) is 0 Å². The minimum atomic E-state index is 0.162. The summed E-state index contributed by atoms with van der Waals surface area (Å²) in [5.41, 5.74) is 2.11. The van der Waals surface area contributed by atoms with Crippen molar-refractivity contribution in [2.45, 2.75) is 26.5 Å². The van der Waals surface area contributed by atoms with E-state index in [0.29, 0.717) is 19.8 Å². The van der Waals surface area contributed by atoms with E-state index in [0.717, 1.165) is 28.5 Å². The predicted molar refractivity (Wildman–Crippen MR) is 113 cm³/mol. The van der Waals surface area contributed by atoms with Crippen LogP contribution >= 0.6 is 0 Å². The molecule has 146 valence electrons. The lowest BCUT2D eigenvalue weighted by Gasteiger charge is -2.15. The van der Waals surface area contributed by atoms with Gasteiger partial charge in [-0.25, -0.2) is 0 Å². The summed E-state index contributed by atoms with van der Waals surface area (Å²) < 4.78 is 17.4. The van der Waals surface area contributed by atoms with Crippen LogP contribution in [0.1, 0.15) is 19.4 Å². The summed E-state index contributed by atoms with van der Waals surface area (Å²) in [6, 6.07) is 25.8. The molecule has 3 aromatic carbocycles. The third kappa shape index (κ3) is 6.23. The largest absolute Gasteiger partial charge is 0.491 e. The molecule has 0 bridgehead atoms. The number of hydrogen-bond acceptors (Lipinski definition) is 4. The van der Waals surface area contributed by atoms with Crippen molar-refractivity contribution < 1.29 is 14.2 Å². The average Bonchev–Trinajstić information content (AvgIpc) is 2.71. The Labute approximate surface area is 167 Å². The molecule has 4 nitrogen and oxygen atoms in total. The number of ether oxygens (including phenoxy) is 3. The van der Waals surface area contributed by atoms with Crippen molar-refractivity contribution >= 4 is 5.69 Å². The van der Waals surface area contributed by atoms with E-state index in [-0.39, 0.29) is 6.10 Å². The Balaban J connectivity index is 1.52. The fourth-order valence-electron chi connectivity index (χ4n) is 2.76. The van der Waals surface area contributed by atoms with Crippen molar-refractivity contribution in [1.82, 2.24) is 0 Å². The normalized spacial score (nSPS) is 10.5. The van der Waals surface area contributed by atoms with Gasteiger partial charge in [-0.15, -0.1) is 0 Å².